The molecule has 2 aromatic rings. The number of nitrogens with two attached hydrogens (primary N) is 1. The Balaban J connectivity index is 1.78. The molecule has 1 fully saturated rings. The highest BCUT2D eigenvalue weighted by Gasteiger charge is 2.20. The Kier molecular flexibility index (Phi) is 7.42. The second-order valence-corrected chi connectivity index (χ2v) is 7.68. The molecule has 1 aromatic carbocycles. The molecule has 1 aliphatic heterocycles. The van der Waals surface area contributed by atoms with Crippen LogP contribution in [0.5, 0.6) is 0 Å². The number of hydrogen-bond acceptors (Lipinski definition) is 5. The summed E-state index contributed by atoms with van der Waals surface area (Å²) in [7, 11) is 0. The van der Waals surface area contributed by atoms with Crippen molar-refractivity contribution < 1.29 is 0 Å². The van der Waals surface area contributed by atoms with Crippen LogP contribution in [0.4, 0.5) is 0 Å². The smallest absolute Gasteiger partial charge is 0.0890 e. The van der Waals surface area contributed by atoms with E-state index in [1.807, 2.05) is 6.07 Å². The first kappa shape index (κ1) is 21.1. The quantitative estimate of drug-likeness (QED) is 0.689. The number of nitrogens with zero attached hydrogens (tertiary/aromatic N) is 3. The van der Waals surface area contributed by atoms with E-state index < -0.39 is 0 Å². The molecular formula is C24H33N5. The molecule has 0 aliphatic carbocycles. The standard InChI is InChI=1S/C24H33N5/c1-4-18(3)6-9-24(29-14-10-20(25)11-15-29)21(5-2)28-17-19-7-8-22-23(16-19)27-13-12-26-22/h5-9,12-13,16,20,28H,4,10-11,14-15,17,25H2,1-3H3/b18-6+,21-5+,24-9+. The van der Waals surface area contributed by atoms with Crippen molar-refractivity contribution in [3.05, 3.63) is 71.4 Å². The van der Waals surface area contributed by atoms with Crippen LogP contribution in [0.15, 0.2) is 65.8 Å². The number of rotatable bonds is 7. The molecule has 1 aromatic heterocycles. The van der Waals surface area contributed by atoms with E-state index in [1.54, 1.807) is 12.4 Å². The molecule has 1 aliphatic rings. The Morgan fingerprint density at radius 2 is 1.90 bits per heavy atom. The van der Waals surface area contributed by atoms with Gasteiger partial charge in [-0.25, -0.2) is 0 Å². The first-order valence-corrected chi connectivity index (χ1v) is 10.6. The van der Waals surface area contributed by atoms with Crippen LogP contribution in [0.1, 0.15) is 45.6 Å². The van der Waals surface area contributed by atoms with Crippen molar-refractivity contribution in [2.75, 3.05) is 13.1 Å². The van der Waals surface area contributed by atoms with Gasteiger partial charge in [-0.05, 0) is 56.9 Å². The number of aromatic nitrogens is 2. The fourth-order valence-corrected chi connectivity index (χ4v) is 3.50. The summed E-state index contributed by atoms with van der Waals surface area (Å²) in [5, 5.41) is 3.64. The van der Waals surface area contributed by atoms with Gasteiger partial charge in [0.05, 0.1) is 22.4 Å². The van der Waals surface area contributed by atoms with E-state index in [1.165, 1.54) is 16.8 Å². The molecule has 0 saturated carbocycles. The molecule has 3 rings (SSSR count). The molecule has 1 saturated heterocycles. The summed E-state index contributed by atoms with van der Waals surface area (Å²) in [6, 6.07) is 6.57. The molecule has 154 valence electrons. The highest BCUT2D eigenvalue weighted by molar-refractivity contribution is 5.74. The Morgan fingerprint density at radius 1 is 1.17 bits per heavy atom. The average molecular weight is 392 g/mol. The summed E-state index contributed by atoms with van der Waals surface area (Å²) >= 11 is 0. The second kappa shape index (κ2) is 10.2. The normalized spacial score (nSPS) is 17.1. The fraction of sp³-hybridized carbons (Fsp3) is 0.417. The summed E-state index contributed by atoms with van der Waals surface area (Å²) in [5.74, 6) is 0. The lowest BCUT2D eigenvalue weighted by molar-refractivity contribution is 0.265. The number of piperidine rings is 1. The van der Waals surface area contributed by atoms with E-state index in [4.69, 9.17) is 5.73 Å². The predicted octanol–water partition coefficient (Wildman–Crippen LogP) is 4.29. The maximum atomic E-state index is 6.13. The summed E-state index contributed by atoms with van der Waals surface area (Å²) in [5.41, 5.74) is 12.9. The third-order valence-electron chi connectivity index (χ3n) is 5.55. The predicted molar refractivity (Wildman–Crippen MR) is 121 cm³/mol. The molecule has 0 atom stereocenters. The van der Waals surface area contributed by atoms with Gasteiger partial charge in [-0.2, -0.15) is 0 Å². The number of fused-ring (bicyclic) bond motifs is 1. The first-order chi connectivity index (χ1) is 14.1. The highest BCUT2D eigenvalue weighted by Crippen LogP contribution is 2.21. The third kappa shape index (κ3) is 5.67. The third-order valence-corrected chi connectivity index (χ3v) is 5.55. The number of nitrogens with one attached hydrogen (secondary N) is 1. The Morgan fingerprint density at radius 3 is 2.59 bits per heavy atom. The number of allylic oxidation sites excluding steroid dienone is 4. The maximum absolute atomic E-state index is 6.13. The highest BCUT2D eigenvalue weighted by atomic mass is 15.2. The maximum Gasteiger partial charge on any atom is 0.0890 e. The molecule has 5 heteroatoms. The van der Waals surface area contributed by atoms with Crippen molar-refractivity contribution in [2.24, 2.45) is 5.73 Å². The minimum absolute atomic E-state index is 0.321. The van der Waals surface area contributed by atoms with Crippen LogP contribution in [0.3, 0.4) is 0 Å². The molecule has 5 nitrogen and oxygen atoms in total. The van der Waals surface area contributed by atoms with E-state index in [2.05, 4.69) is 71.3 Å². The van der Waals surface area contributed by atoms with E-state index >= 15 is 0 Å². The summed E-state index contributed by atoms with van der Waals surface area (Å²) in [6.45, 7) is 9.20. The lowest BCUT2D eigenvalue weighted by Crippen LogP contribution is -2.40. The Labute approximate surface area is 174 Å². The summed E-state index contributed by atoms with van der Waals surface area (Å²) in [6.07, 6.45) is 13.3. The van der Waals surface area contributed by atoms with Crippen LogP contribution in [-0.2, 0) is 6.54 Å². The molecule has 0 unspecified atom stereocenters. The molecule has 29 heavy (non-hydrogen) atoms. The second-order valence-electron chi connectivity index (χ2n) is 7.68. The van der Waals surface area contributed by atoms with Crippen LogP contribution in [0, 0.1) is 0 Å². The summed E-state index contributed by atoms with van der Waals surface area (Å²) < 4.78 is 0. The fourth-order valence-electron chi connectivity index (χ4n) is 3.50. The van der Waals surface area contributed by atoms with Crippen LogP contribution >= 0.6 is 0 Å². The van der Waals surface area contributed by atoms with E-state index in [0.29, 0.717) is 6.04 Å². The van der Waals surface area contributed by atoms with Crippen molar-refractivity contribution in [2.45, 2.75) is 52.6 Å². The molecule has 2 heterocycles. The average Bonchev–Trinajstić information content (AvgIpc) is 2.76. The zero-order chi connectivity index (χ0) is 20.6. The molecule has 0 bridgehead atoms. The number of hydrogen-bond donors (Lipinski definition) is 2. The number of benzene rings is 1. The van der Waals surface area contributed by atoms with Gasteiger partial charge in [0.15, 0.2) is 0 Å². The topological polar surface area (TPSA) is 67.1 Å². The van der Waals surface area contributed by atoms with Gasteiger partial charge in [0.1, 0.15) is 0 Å². The van der Waals surface area contributed by atoms with Gasteiger partial charge in [0, 0.05) is 38.1 Å². The number of likely N-dealkylation sites (tertiary alicyclic amines) is 1. The Hall–Kier alpha value is -2.66. The monoisotopic (exact) mass is 391 g/mol. The lowest BCUT2D eigenvalue weighted by Gasteiger charge is -2.35. The van der Waals surface area contributed by atoms with Gasteiger partial charge in [0.25, 0.3) is 0 Å². The molecular weight excluding hydrogens is 358 g/mol. The minimum Gasteiger partial charge on any atom is -0.380 e. The van der Waals surface area contributed by atoms with Gasteiger partial charge in [-0.1, -0.05) is 30.7 Å². The van der Waals surface area contributed by atoms with Crippen molar-refractivity contribution in [3.8, 4) is 0 Å². The summed E-state index contributed by atoms with van der Waals surface area (Å²) in [4.78, 5) is 11.2. The lowest BCUT2D eigenvalue weighted by atomic mass is 10.0. The van der Waals surface area contributed by atoms with Gasteiger partial charge in [-0.15, -0.1) is 0 Å². The van der Waals surface area contributed by atoms with Gasteiger partial charge < -0.3 is 16.0 Å². The molecule has 3 N–H and O–H groups in total. The van der Waals surface area contributed by atoms with Gasteiger partial charge >= 0.3 is 0 Å². The van der Waals surface area contributed by atoms with Gasteiger partial charge in [0.2, 0.25) is 0 Å². The first-order valence-electron chi connectivity index (χ1n) is 10.6. The van der Waals surface area contributed by atoms with Crippen molar-refractivity contribution in [3.63, 3.8) is 0 Å². The van der Waals surface area contributed by atoms with Crippen LogP contribution in [0.2, 0.25) is 0 Å². The van der Waals surface area contributed by atoms with Crippen molar-refractivity contribution >= 4 is 11.0 Å². The van der Waals surface area contributed by atoms with Gasteiger partial charge in [-0.3, -0.25) is 9.97 Å². The SMILES string of the molecule is C\C=C(NCc1ccc2nccnc2c1)/C(=C\C=C(/C)CC)N1CCC(N)CC1. The molecule has 0 amide bonds. The van der Waals surface area contributed by atoms with E-state index in [0.717, 1.165) is 55.6 Å². The molecule has 0 radical (unpaired) electrons. The molecule has 0 spiro atoms. The van der Waals surface area contributed by atoms with Crippen molar-refractivity contribution in [1.82, 2.24) is 20.2 Å². The largest absolute Gasteiger partial charge is 0.380 e. The Bertz CT molecular complexity index is 904. The van der Waals surface area contributed by atoms with Crippen LogP contribution in [-0.4, -0.2) is 34.0 Å². The van der Waals surface area contributed by atoms with Crippen molar-refractivity contribution in [1.29, 1.82) is 0 Å². The van der Waals surface area contributed by atoms with Crippen LogP contribution < -0.4 is 11.1 Å². The zero-order valence-corrected chi connectivity index (χ0v) is 17.9. The van der Waals surface area contributed by atoms with E-state index in [9.17, 15) is 0 Å². The van der Waals surface area contributed by atoms with Crippen LogP contribution in [0.25, 0.3) is 11.0 Å². The minimum atomic E-state index is 0.321. The van der Waals surface area contributed by atoms with E-state index in [-0.39, 0.29) is 0 Å². The zero-order valence-electron chi connectivity index (χ0n) is 17.9.